The zero-order chi connectivity index (χ0) is 15.2. The number of carbonyl (C=O) groups excluding carboxylic acids is 1. The molecule has 2 rings (SSSR count). The Balaban J connectivity index is 2.01. The number of nitrogens with zero attached hydrogens (tertiary/aromatic N) is 2. The van der Waals surface area contributed by atoms with E-state index < -0.39 is 11.9 Å². The second kappa shape index (κ2) is 7.64. The minimum absolute atomic E-state index is 0.0368. The number of carboxylic acids is 1. The number of hydrogen-bond donors (Lipinski definition) is 2. The van der Waals surface area contributed by atoms with E-state index in [0.717, 1.165) is 45.3 Å². The van der Waals surface area contributed by atoms with Gasteiger partial charge in [-0.15, -0.1) is 0 Å². The first-order chi connectivity index (χ1) is 10.1. The van der Waals surface area contributed by atoms with E-state index in [1.807, 2.05) is 4.90 Å². The van der Waals surface area contributed by atoms with Gasteiger partial charge in [-0.05, 0) is 45.2 Å². The van der Waals surface area contributed by atoms with Crippen LogP contribution in [0.1, 0.15) is 39.0 Å². The molecule has 0 aromatic heterocycles. The van der Waals surface area contributed by atoms with Gasteiger partial charge >= 0.3 is 12.0 Å². The van der Waals surface area contributed by atoms with Crippen LogP contribution < -0.4 is 5.32 Å². The van der Waals surface area contributed by atoms with Crippen LogP contribution in [0.25, 0.3) is 0 Å². The average molecular weight is 297 g/mol. The minimum Gasteiger partial charge on any atom is -0.481 e. The number of nitrogens with one attached hydrogen (secondary N) is 1. The van der Waals surface area contributed by atoms with E-state index in [4.69, 9.17) is 5.11 Å². The molecule has 6 nitrogen and oxygen atoms in total. The summed E-state index contributed by atoms with van der Waals surface area (Å²) in [6.45, 7) is 5.80. The molecule has 2 amide bonds. The highest BCUT2D eigenvalue weighted by Gasteiger charge is 2.33. The Bertz CT molecular complexity index is 369. The molecule has 0 unspecified atom stereocenters. The number of likely N-dealkylation sites (tertiary alicyclic amines) is 1. The Labute approximate surface area is 126 Å². The number of piperidine rings is 2. The summed E-state index contributed by atoms with van der Waals surface area (Å²) in [5, 5.41) is 12.5. The standard InChI is InChI=1S/C15H27N3O3/c1-2-9-18(13-5-7-16-8-6-13)15(21)17-10-3-4-12(11-17)14(19)20/h12-13,16H,2-11H2,1H3,(H,19,20)/t12-/m1/s1. The Hall–Kier alpha value is -1.30. The zero-order valence-corrected chi connectivity index (χ0v) is 12.9. The maximum absolute atomic E-state index is 12.8. The van der Waals surface area contributed by atoms with E-state index in [9.17, 15) is 9.59 Å². The molecule has 2 fully saturated rings. The Morgan fingerprint density at radius 3 is 2.62 bits per heavy atom. The van der Waals surface area contributed by atoms with Crippen LogP contribution in [0.2, 0.25) is 0 Å². The van der Waals surface area contributed by atoms with Crippen LogP contribution in [0.15, 0.2) is 0 Å². The van der Waals surface area contributed by atoms with E-state index in [2.05, 4.69) is 12.2 Å². The van der Waals surface area contributed by atoms with Crippen molar-refractivity contribution >= 4 is 12.0 Å². The molecule has 21 heavy (non-hydrogen) atoms. The molecule has 2 heterocycles. The normalized spacial score (nSPS) is 23.9. The summed E-state index contributed by atoms with van der Waals surface area (Å²) in [6, 6.07) is 0.332. The molecular weight excluding hydrogens is 270 g/mol. The van der Waals surface area contributed by atoms with Gasteiger partial charge in [0.25, 0.3) is 0 Å². The van der Waals surface area contributed by atoms with E-state index in [0.29, 0.717) is 25.6 Å². The fourth-order valence-electron chi connectivity index (χ4n) is 3.33. The van der Waals surface area contributed by atoms with Crippen LogP contribution >= 0.6 is 0 Å². The zero-order valence-electron chi connectivity index (χ0n) is 12.9. The number of carboxylic acid groups (broad SMARTS) is 1. The molecule has 2 aliphatic heterocycles. The lowest BCUT2D eigenvalue weighted by molar-refractivity contribution is -0.143. The van der Waals surface area contributed by atoms with Crippen LogP contribution in [-0.4, -0.2) is 65.7 Å². The minimum atomic E-state index is -0.781. The van der Waals surface area contributed by atoms with E-state index >= 15 is 0 Å². The largest absolute Gasteiger partial charge is 0.481 e. The van der Waals surface area contributed by atoms with Crippen LogP contribution in [0.3, 0.4) is 0 Å². The lowest BCUT2D eigenvalue weighted by atomic mass is 9.98. The highest BCUT2D eigenvalue weighted by Crippen LogP contribution is 2.21. The Morgan fingerprint density at radius 1 is 1.29 bits per heavy atom. The maximum Gasteiger partial charge on any atom is 0.320 e. The van der Waals surface area contributed by atoms with Gasteiger partial charge in [-0.2, -0.15) is 0 Å². The first kappa shape index (κ1) is 16.1. The van der Waals surface area contributed by atoms with Crippen molar-refractivity contribution in [3.8, 4) is 0 Å². The van der Waals surface area contributed by atoms with Crippen LogP contribution in [0, 0.1) is 5.92 Å². The van der Waals surface area contributed by atoms with Gasteiger partial charge in [0.1, 0.15) is 0 Å². The number of hydrogen-bond acceptors (Lipinski definition) is 3. The first-order valence-corrected chi connectivity index (χ1v) is 8.12. The molecule has 2 N–H and O–H groups in total. The fourth-order valence-corrected chi connectivity index (χ4v) is 3.33. The molecule has 0 aromatic carbocycles. The van der Waals surface area contributed by atoms with Crippen molar-refractivity contribution in [3.63, 3.8) is 0 Å². The lowest BCUT2D eigenvalue weighted by Crippen LogP contribution is -2.54. The summed E-state index contributed by atoms with van der Waals surface area (Å²) in [6.07, 6.45) is 4.38. The van der Waals surface area contributed by atoms with Crippen LogP contribution in [-0.2, 0) is 4.79 Å². The molecule has 0 aliphatic carbocycles. The molecule has 0 saturated carbocycles. The third-order valence-electron chi connectivity index (χ3n) is 4.50. The van der Waals surface area contributed by atoms with Crippen molar-refractivity contribution in [2.45, 2.75) is 45.1 Å². The van der Waals surface area contributed by atoms with Crippen molar-refractivity contribution in [2.24, 2.45) is 5.92 Å². The van der Waals surface area contributed by atoms with Crippen LogP contribution in [0.4, 0.5) is 4.79 Å². The van der Waals surface area contributed by atoms with Gasteiger partial charge in [-0.25, -0.2) is 4.79 Å². The van der Waals surface area contributed by atoms with Crippen molar-refractivity contribution in [3.05, 3.63) is 0 Å². The molecule has 0 bridgehead atoms. The van der Waals surface area contributed by atoms with Gasteiger partial charge in [0.15, 0.2) is 0 Å². The van der Waals surface area contributed by atoms with Crippen molar-refractivity contribution in [2.75, 3.05) is 32.7 Å². The van der Waals surface area contributed by atoms with Crippen molar-refractivity contribution < 1.29 is 14.7 Å². The molecule has 0 spiro atoms. The summed E-state index contributed by atoms with van der Waals surface area (Å²) in [4.78, 5) is 27.7. The molecule has 2 aliphatic rings. The van der Waals surface area contributed by atoms with Gasteiger partial charge in [0, 0.05) is 25.7 Å². The van der Waals surface area contributed by atoms with Crippen molar-refractivity contribution in [1.29, 1.82) is 0 Å². The van der Waals surface area contributed by atoms with Crippen molar-refractivity contribution in [1.82, 2.24) is 15.1 Å². The molecule has 2 saturated heterocycles. The number of rotatable bonds is 4. The lowest BCUT2D eigenvalue weighted by Gasteiger charge is -2.40. The number of urea groups is 1. The monoisotopic (exact) mass is 297 g/mol. The molecule has 1 atom stereocenters. The Kier molecular flexibility index (Phi) is 5.85. The summed E-state index contributed by atoms with van der Waals surface area (Å²) in [5.41, 5.74) is 0. The fraction of sp³-hybridized carbons (Fsp3) is 0.867. The van der Waals surface area contributed by atoms with Gasteiger partial charge < -0.3 is 20.2 Å². The van der Waals surface area contributed by atoms with Gasteiger partial charge in [0.05, 0.1) is 5.92 Å². The molecule has 0 aromatic rings. The quantitative estimate of drug-likeness (QED) is 0.822. The highest BCUT2D eigenvalue weighted by molar-refractivity contribution is 5.77. The van der Waals surface area contributed by atoms with Gasteiger partial charge in [-0.1, -0.05) is 6.92 Å². The Morgan fingerprint density at radius 2 is 2.00 bits per heavy atom. The van der Waals surface area contributed by atoms with Gasteiger partial charge in [0.2, 0.25) is 0 Å². The summed E-state index contributed by atoms with van der Waals surface area (Å²) >= 11 is 0. The highest BCUT2D eigenvalue weighted by atomic mass is 16.4. The predicted octanol–water partition coefficient (Wildman–Crippen LogP) is 1.37. The summed E-state index contributed by atoms with van der Waals surface area (Å²) in [7, 11) is 0. The molecule has 6 heteroatoms. The SMILES string of the molecule is CCCN(C(=O)N1CCC[C@@H](C(=O)O)C1)C1CCNCC1. The molecule has 120 valence electrons. The topological polar surface area (TPSA) is 72.9 Å². The smallest absolute Gasteiger partial charge is 0.320 e. The third kappa shape index (κ3) is 4.09. The second-order valence-electron chi connectivity index (χ2n) is 6.08. The average Bonchev–Trinajstić information content (AvgIpc) is 2.53. The van der Waals surface area contributed by atoms with E-state index in [-0.39, 0.29) is 6.03 Å². The van der Waals surface area contributed by atoms with Crippen LogP contribution in [0.5, 0.6) is 0 Å². The third-order valence-corrected chi connectivity index (χ3v) is 4.50. The molecule has 0 radical (unpaired) electrons. The maximum atomic E-state index is 12.8. The number of aliphatic carboxylic acids is 1. The summed E-state index contributed by atoms with van der Waals surface area (Å²) < 4.78 is 0. The van der Waals surface area contributed by atoms with E-state index in [1.165, 1.54) is 0 Å². The molecular formula is C15H27N3O3. The second-order valence-corrected chi connectivity index (χ2v) is 6.08. The van der Waals surface area contributed by atoms with E-state index in [1.54, 1.807) is 4.90 Å². The first-order valence-electron chi connectivity index (χ1n) is 8.12. The number of amides is 2. The summed E-state index contributed by atoms with van der Waals surface area (Å²) in [5.74, 6) is -1.18. The number of carbonyl (C=O) groups is 2. The predicted molar refractivity (Wildman–Crippen MR) is 80.2 cm³/mol. The van der Waals surface area contributed by atoms with Gasteiger partial charge in [-0.3, -0.25) is 4.79 Å².